The van der Waals surface area contributed by atoms with Crippen molar-refractivity contribution in [1.29, 1.82) is 0 Å². The van der Waals surface area contributed by atoms with Crippen LogP contribution in [0.15, 0.2) is 23.0 Å². The van der Waals surface area contributed by atoms with Crippen molar-refractivity contribution in [3.63, 3.8) is 0 Å². The summed E-state index contributed by atoms with van der Waals surface area (Å²) in [6.07, 6.45) is 0. The van der Waals surface area contributed by atoms with E-state index in [0.717, 1.165) is 6.61 Å². The molecule has 0 saturated carbocycles. The number of hydrogen-bond acceptors (Lipinski definition) is 4. The molecule has 0 amide bonds. The molecule has 6 heteroatoms. The molecule has 1 heterocycles. The molecule has 5 nitrogen and oxygen atoms in total. The van der Waals surface area contributed by atoms with E-state index in [9.17, 15) is 4.79 Å². The van der Waals surface area contributed by atoms with Gasteiger partial charge in [-0.05, 0) is 24.1 Å². The number of hydrogen-bond donors (Lipinski definition) is 2. The first kappa shape index (κ1) is 15.9. The van der Waals surface area contributed by atoms with Crippen molar-refractivity contribution in [3.8, 4) is 0 Å². The van der Waals surface area contributed by atoms with Crippen LogP contribution in [-0.4, -0.2) is 29.7 Å². The molecule has 0 aliphatic rings. The lowest BCUT2D eigenvalue weighted by molar-refractivity contribution is 0.111. The van der Waals surface area contributed by atoms with Gasteiger partial charge in [-0.2, -0.15) is 0 Å². The summed E-state index contributed by atoms with van der Waals surface area (Å²) in [5.74, 6) is 1.13. The average Bonchev–Trinajstić information content (AvgIpc) is 2.41. The van der Waals surface area contributed by atoms with Crippen molar-refractivity contribution in [2.24, 2.45) is 5.92 Å². The highest BCUT2D eigenvalue weighted by Crippen LogP contribution is 2.14. The van der Waals surface area contributed by atoms with Crippen molar-refractivity contribution in [2.75, 3.05) is 19.8 Å². The van der Waals surface area contributed by atoms with E-state index in [1.54, 1.807) is 18.2 Å². The second-order valence-electron chi connectivity index (χ2n) is 5.32. The number of halogens is 1. The Labute approximate surface area is 128 Å². The molecule has 1 aromatic heterocycles. The maximum Gasteiger partial charge on any atom is 0.258 e. The van der Waals surface area contributed by atoms with Gasteiger partial charge < -0.3 is 15.0 Å². The maximum absolute atomic E-state index is 11.9. The van der Waals surface area contributed by atoms with Crippen molar-refractivity contribution in [3.05, 3.63) is 39.4 Å². The zero-order valence-corrected chi connectivity index (χ0v) is 13.0. The van der Waals surface area contributed by atoms with E-state index >= 15 is 0 Å². The van der Waals surface area contributed by atoms with E-state index in [2.05, 4.69) is 29.1 Å². The van der Waals surface area contributed by atoms with Gasteiger partial charge in [-0.25, -0.2) is 4.98 Å². The Morgan fingerprint density at radius 2 is 2.24 bits per heavy atom. The fourth-order valence-electron chi connectivity index (χ4n) is 1.91. The molecule has 2 aromatic rings. The van der Waals surface area contributed by atoms with E-state index in [1.807, 2.05) is 0 Å². The van der Waals surface area contributed by atoms with E-state index < -0.39 is 0 Å². The van der Waals surface area contributed by atoms with Gasteiger partial charge in [-0.1, -0.05) is 25.4 Å². The number of H-pyrrole nitrogens is 1. The summed E-state index contributed by atoms with van der Waals surface area (Å²) in [7, 11) is 0. The van der Waals surface area contributed by atoms with Crippen molar-refractivity contribution in [2.45, 2.75) is 20.4 Å². The lowest BCUT2D eigenvalue weighted by Crippen LogP contribution is -2.23. The van der Waals surface area contributed by atoms with Crippen LogP contribution in [0.25, 0.3) is 10.9 Å². The molecular formula is C15H20ClN3O2. The lowest BCUT2D eigenvalue weighted by atomic mass is 10.2. The number of nitrogens with one attached hydrogen (secondary N) is 2. The van der Waals surface area contributed by atoms with E-state index in [4.69, 9.17) is 16.3 Å². The first-order valence-electron chi connectivity index (χ1n) is 7.03. The molecule has 1 aromatic carbocycles. The zero-order valence-electron chi connectivity index (χ0n) is 12.3. The van der Waals surface area contributed by atoms with Crippen LogP contribution in [-0.2, 0) is 11.3 Å². The first-order chi connectivity index (χ1) is 10.1. The fourth-order valence-corrected chi connectivity index (χ4v) is 2.08. The van der Waals surface area contributed by atoms with E-state index in [1.165, 1.54) is 0 Å². The summed E-state index contributed by atoms with van der Waals surface area (Å²) in [6.45, 7) is 6.82. The second kappa shape index (κ2) is 7.54. The van der Waals surface area contributed by atoms with E-state index in [-0.39, 0.29) is 5.56 Å². The minimum Gasteiger partial charge on any atom is -0.380 e. The summed E-state index contributed by atoms with van der Waals surface area (Å²) >= 11 is 5.93. The molecule has 0 fully saturated rings. The van der Waals surface area contributed by atoms with Crippen LogP contribution in [0.2, 0.25) is 5.02 Å². The Morgan fingerprint density at radius 1 is 1.43 bits per heavy atom. The summed E-state index contributed by atoms with van der Waals surface area (Å²) in [5.41, 5.74) is 0.462. The molecule has 0 aliphatic heterocycles. The molecule has 0 spiro atoms. The van der Waals surface area contributed by atoms with Gasteiger partial charge in [0.15, 0.2) is 0 Å². The normalized spacial score (nSPS) is 11.4. The third kappa shape index (κ3) is 4.81. The molecule has 2 rings (SSSR count). The monoisotopic (exact) mass is 309 g/mol. The smallest absolute Gasteiger partial charge is 0.258 e. The molecule has 0 atom stereocenters. The van der Waals surface area contributed by atoms with Crippen LogP contribution in [0.4, 0.5) is 0 Å². The van der Waals surface area contributed by atoms with Crippen LogP contribution in [0, 0.1) is 5.92 Å². The molecule has 0 bridgehead atoms. The summed E-state index contributed by atoms with van der Waals surface area (Å²) in [4.78, 5) is 19.1. The minimum atomic E-state index is -0.149. The lowest BCUT2D eigenvalue weighted by Gasteiger charge is -2.08. The average molecular weight is 310 g/mol. The van der Waals surface area contributed by atoms with Gasteiger partial charge in [0.05, 0.1) is 24.1 Å². The second-order valence-corrected chi connectivity index (χ2v) is 5.76. The SMILES string of the molecule is CC(C)COCCNCc1nc2cc(Cl)ccc2c(=O)[nH]1. The Kier molecular flexibility index (Phi) is 5.73. The molecule has 0 unspecified atom stereocenters. The van der Waals surface area contributed by atoms with Crippen LogP contribution >= 0.6 is 11.6 Å². The fraction of sp³-hybridized carbons (Fsp3) is 0.467. The minimum absolute atomic E-state index is 0.149. The largest absolute Gasteiger partial charge is 0.380 e. The number of aromatic nitrogens is 2. The van der Waals surface area contributed by atoms with Crippen molar-refractivity contribution in [1.82, 2.24) is 15.3 Å². The third-order valence-electron chi connectivity index (χ3n) is 2.88. The highest BCUT2D eigenvalue weighted by atomic mass is 35.5. The van der Waals surface area contributed by atoms with Crippen LogP contribution in [0.1, 0.15) is 19.7 Å². The number of fused-ring (bicyclic) bond motifs is 1. The van der Waals surface area contributed by atoms with Crippen LogP contribution in [0.5, 0.6) is 0 Å². The van der Waals surface area contributed by atoms with Gasteiger partial charge in [0.2, 0.25) is 0 Å². The Balaban J connectivity index is 1.92. The topological polar surface area (TPSA) is 67.0 Å². The van der Waals surface area contributed by atoms with Crippen LogP contribution < -0.4 is 10.9 Å². The predicted octanol–water partition coefficient (Wildman–Crippen LogP) is 2.34. The van der Waals surface area contributed by atoms with Gasteiger partial charge in [-0.3, -0.25) is 4.79 Å². The van der Waals surface area contributed by atoms with Gasteiger partial charge in [-0.15, -0.1) is 0 Å². The first-order valence-corrected chi connectivity index (χ1v) is 7.41. The number of nitrogens with zero attached hydrogens (tertiary/aromatic N) is 1. The summed E-state index contributed by atoms with van der Waals surface area (Å²) in [6, 6.07) is 5.06. The van der Waals surface area contributed by atoms with Crippen molar-refractivity contribution < 1.29 is 4.74 Å². The molecule has 21 heavy (non-hydrogen) atoms. The van der Waals surface area contributed by atoms with Gasteiger partial charge in [0.25, 0.3) is 5.56 Å². The van der Waals surface area contributed by atoms with Gasteiger partial charge in [0.1, 0.15) is 5.82 Å². The molecule has 114 valence electrons. The summed E-state index contributed by atoms with van der Waals surface area (Å²) in [5, 5.41) is 4.31. The number of aromatic amines is 1. The number of ether oxygens (including phenoxy) is 1. The standard InChI is InChI=1S/C15H20ClN3O2/c1-10(2)9-21-6-5-17-8-14-18-13-7-11(16)3-4-12(13)15(20)19-14/h3-4,7,10,17H,5-6,8-9H2,1-2H3,(H,18,19,20). The molecule has 0 aliphatic carbocycles. The number of benzene rings is 1. The number of rotatable bonds is 7. The van der Waals surface area contributed by atoms with Crippen molar-refractivity contribution >= 4 is 22.5 Å². The maximum atomic E-state index is 11.9. The Bertz CT molecular complexity index is 655. The molecule has 0 saturated heterocycles. The quantitative estimate of drug-likeness (QED) is 0.770. The van der Waals surface area contributed by atoms with Gasteiger partial charge >= 0.3 is 0 Å². The van der Waals surface area contributed by atoms with Crippen LogP contribution in [0.3, 0.4) is 0 Å². The zero-order chi connectivity index (χ0) is 15.2. The summed E-state index contributed by atoms with van der Waals surface area (Å²) < 4.78 is 5.47. The van der Waals surface area contributed by atoms with Gasteiger partial charge in [0, 0.05) is 18.2 Å². The molecular weight excluding hydrogens is 290 g/mol. The highest BCUT2D eigenvalue weighted by Gasteiger charge is 2.04. The predicted molar refractivity (Wildman–Crippen MR) is 84.7 cm³/mol. The molecule has 2 N–H and O–H groups in total. The third-order valence-corrected chi connectivity index (χ3v) is 3.12. The highest BCUT2D eigenvalue weighted by molar-refractivity contribution is 6.31. The Hall–Kier alpha value is -1.43. The van der Waals surface area contributed by atoms with E-state index in [0.29, 0.717) is 47.4 Å². The Morgan fingerprint density at radius 3 is 3.00 bits per heavy atom. The molecule has 0 radical (unpaired) electrons.